The van der Waals surface area contributed by atoms with Gasteiger partial charge in [0, 0.05) is 17.5 Å². The van der Waals surface area contributed by atoms with Gasteiger partial charge >= 0.3 is 6.18 Å². The first kappa shape index (κ1) is 14.0. The van der Waals surface area contributed by atoms with Crippen molar-refractivity contribution in [1.82, 2.24) is 0 Å². The highest BCUT2D eigenvalue weighted by molar-refractivity contribution is 7.20. The van der Waals surface area contributed by atoms with Crippen LogP contribution in [-0.2, 0) is 0 Å². The molecule has 0 fully saturated rings. The Hall–Kier alpha value is -1.43. The lowest BCUT2D eigenvalue weighted by Crippen LogP contribution is -2.08. The summed E-state index contributed by atoms with van der Waals surface area (Å²) in [5.74, 6) is -0.726. The zero-order chi connectivity index (χ0) is 14.0. The first-order valence-electron chi connectivity index (χ1n) is 5.64. The molecule has 0 saturated carbocycles. The van der Waals surface area contributed by atoms with Gasteiger partial charge < -0.3 is 0 Å². The van der Waals surface area contributed by atoms with Gasteiger partial charge in [-0.15, -0.1) is 11.3 Å². The Morgan fingerprint density at radius 3 is 2.63 bits per heavy atom. The molecule has 1 aromatic carbocycles. The summed E-state index contributed by atoms with van der Waals surface area (Å²) in [5, 5.41) is 0.727. The van der Waals surface area contributed by atoms with Crippen LogP contribution >= 0.6 is 11.3 Å². The second-order valence-electron chi connectivity index (χ2n) is 4.18. The fourth-order valence-corrected chi connectivity index (χ4v) is 2.77. The number of alkyl halides is 3. The Morgan fingerprint density at radius 2 is 1.95 bits per heavy atom. The standard InChI is InChI=1S/C13H10F4OS/c14-9-4-3-8-6-12(19-11(8)7-9)10(18)2-1-5-13(15,16)17/h3-4,6-7H,1-2,5H2. The maximum atomic E-state index is 13.0. The molecule has 1 heterocycles. The van der Waals surface area contributed by atoms with E-state index in [0.29, 0.717) is 9.58 Å². The number of hydrogen-bond acceptors (Lipinski definition) is 2. The van der Waals surface area contributed by atoms with Crippen molar-refractivity contribution in [3.8, 4) is 0 Å². The molecule has 102 valence electrons. The first-order chi connectivity index (χ1) is 8.85. The van der Waals surface area contributed by atoms with Crippen molar-refractivity contribution in [2.24, 2.45) is 0 Å². The van der Waals surface area contributed by atoms with E-state index in [4.69, 9.17) is 0 Å². The van der Waals surface area contributed by atoms with E-state index in [2.05, 4.69) is 0 Å². The van der Waals surface area contributed by atoms with Crippen molar-refractivity contribution < 1.29 is 22.4 Å². The SMILES string of the molecule is O=C(CCCC(F)(F)F)c1cc2ccc(F)cc2s1. The molecular weight excluding hydrogens is 280 g/mol. The minimum absolute atomic E-state index is 0.144. The van der Waals surface area contributed by atoms with E-state index in [1.165, 1.54) is 12.1 Å². The van der Waals surface area contributed by atoms with Crippen molar-refractivity contribution in [1.29, 1.82) is 0 Å². The third-order valence-electron chi connectivity index (χ3n) is 2.62. The lowest BCUT2D eigenvalue weighted by atomic mass is 10.1. The largest absolute Gasteiger partial charge is 0.389 e. The van der Waals surface area contributed by atoms with Gasteiger partial charge in [0.25, 0.3) is 0 Å². The highest BCUT2D eigenvalue weighted by Gasteiger charge is 2.26. The van der Waals surface area contributed by atoms with E-state index in [9.17, 15) is 22.4 Å². The number of ketones is 1. The van der Waals surface area contributed by atoms with Gasteiger partial charge in [-0.3, -0.25) is 4.79 Å². The van der Waals surface area contributed by atoms with Crippen LogP contribution in [0.25, 0.3) is 10.1 Å². The average Bonchev–Trinajstić information content (AvgIpc) is 2.70. The highest BCUT2D eigenvalue weighted by Crippen LogP contribution is 2.28. The van der Waals surface area contributed by atoms with Crippen LogP contribution in [0.4, 0.5) is 17.6 Å². The van der Waals surface area contributed by atoms with Crippen LogP contribution in [0.15, 0.2) is 24.3 Å². The third-order valence-corrected chi connectivity index (χ3v) is 3.76. The lowest BCUT2D eigenvalue weighted by Gasteiger charge is -2.04. The number of halogens is 4. The van der Waals surface area contributed by atoms with Crippen LogP contribution in [0.1, 0.15) is 28.9 Å². The fraction of sp³-hybridized carbons (Fsp3) is 0.308. The summed E-state index contributed by atoms with van der Waals surface area (Å²) < 4.78 is 49.5. The van der Waals surface area contributed by atoms with Crippen LogP contribution in [0.2, 0.25) is 0 Å². The lowest BCUT2D eigenvalue weighted by molar-refractivity contribution is -0.135. The van der Waals surface area contributed by atoms with Gasteiger partial charge in [0.2, 0.25) is 0 Å². The maximum Gasteiger partial charge on any atom is 0.389 e. The second kappa shape index (κ2) is 5.28. The molecule has 0 aliphatic heterocycles. The highest BCUT2D eigenvalue weighted by atomic mass is 32.1. The predicted molar refractivity (Wildman–Crippen MR) is 66.0 cm³/mol. The van der Waals surface area contributed by atoms with Crippen molar-refractivity contribution >= 4 is 27.2 Å². The van der Waals surface area contributed by atoms with E-state index in [1.54, 1.807) is 12.1 Å². The third kappa shape index (κ3) is 3.76. The second-order valence-corrected chi connectivity index (χ2v) is 5.27. The summed E-state index contributed by atoms with van der Waals surface area (Å²) in [4.78, 5) is 12.1. The molecule has 0 unspecified atom stereocenters. The number of Topliss-reactive ketones (excluding diaryl/α,β-unsaturated/α-hetero) is 1. The van der Waals surface area contributed by atoms with E-state index in [0.717, 1.165) is 16.7 Å². The Morgan fingerprint density at radius 1 is 1.21 bits per heavy atom. The summed E-state index contributed by atoms with van der Waals surface area (Å²) in [6, 6.07) is 5.74. The van der Waals surface area contributed by atoms with Gasteiger partial charge in [-0.25, -0.2) is 4.39 Å². The van der Waals surface area contributed by atoms with Crippen molar-refractivity contribution in [3.63, 3.8) is 0 Å². The predicted octanol–water partition coefficient (Wildman–Crippen LogP) is 4.96. The van der Waals surface area contributed by atoms with E-state index < -0.39 is 18.4 Å². The normalized spacial score (nSPS) is 12.0. The number of benzene rings is 1. The molecule has 19 heavy (non-hydrogen) atoms. The van der Waals surface area contributed by atoms with Crippen molar-refractivity contribution in [2.45, 2.75) is 25.4 Å². The summed E-state index contributed by atoms with van der Waals surface area (Å²) in [6.45, 7) is 0. The molecule has 0 N–H and O–H groups in total. The fourth-order valence-electron chi connectivity index (χ4n) is 1.71. The maximum absolute atomic E-state index is 13.0. The Kier molecular flexibility index (Phi) is 3.89. The van der Waals surface area contributed by atoms with Gasteiger partial charge in [-0.05, 0) is 30.0 Å². The van der Waals surface area contributed by atoms with Crippen LogP contribution in [0, 0.1) is 5.82 Å². The van der Waals surface area contributed by atoms with Crippen LogP contribution in [0.3, 0.4) is 0 Å². The van der Waals surface area contributed by atoms with Crippen LogP contribution < -0.4 is 0 Å². The molecule has 2 rings (SSSR count). The summed E-state index contributed by atoms with van der Waals surface area (Å²) in [5.41, 5.74) is 0. The smallest absolute Gasteiger partial charge is 0.293 e. The number of carbonyl (C=O) groups is 1. The van der Waals surface area contributed by atoms with Crippen molar-refractivity contribution in [3.05, 3.63) is 35.0 Å². The summed E-state index contributed by atoms with van der Waals surface area (Å²) >= 11 is 1.11. The van der Waals surface area contributed by atoms with Crippen LogP contribution in [-0.4, -0.2) is 12.0 Å². The number of carbonyl (C=O) groups excluding carboxylic acids is 1. The molecular formula is C13H10F4OS. The van der Waals surface area contributed by atoms with Crippen LogP contribution in [0.5, 0.6) is 0 Å². The molecule has 0 atom stereocenters. The molecule has 0 amide bonds. The number of rotatable bonds is 4. The molecule has 0 radical (unpaired) electrons. The molecule has 1 nitrogen and oxygen atoms in total. The number of hydrogen-bond donors (Lipinski definition) is 0. The molecule has 0 aliphatic rings. The molecule has 0 bridgehead atoms. The Balaban J connectivity index is 2.05. The zero-order valence-electron chi connectivity index (χ0n) is 9.76. The first-order valence-corrected chi connectivity index (χ1v) is 6.46. The Bertz CT molecular complexity index is 600. The molecule has 2 aromatic rings. The van der Waals surface area contributed by atoms with Gasteiger partial charge in [0.15, 0.2) is 5.78 Å². The zero-order valence-corrected chi connectivity index (χ0v) is 10.6. The molecule has 0 aliphatic carbocycles. The van der Waals surface area contributed by atoms with Gasteiger partial charge in [0.1, 0.15) is 5.82 Å². The Labute approximate surface area is 110 Å². The van der Waals surface area contributed by atoms with Crippen molar-refractivity contribution in [2.75, 3.05) is 0 Å². The minimum atomic E-state index is -4.23. The van der Waals surface area contributed by atoms with E-state index >= 15 is 0 Å². The average molecular weight is 290 g/mol. The molecule has 0 spiro atoms. The molecule has 6 heteroatoms. The minimum Gasteiger partial charge on any atom is -0.293 e. The summed E-state index contributed by atoms with van der Waals surface area (Å²) in [6.07, 6.45) is -5.55. The van der Waals surface area contributed by atoms with Gasteiger partial charge in [-0.1, -0.05) is 6.07 Å². The monoisotopic (exact) mass is 290 g/mol. The topological polar surface area (TPSA) is 17.1 Å². The number of fused-ring (bicyclic) bond motifs is 1. The van der Waals surface area contributed by atoms with Gasteiger partial charge in [-0.2, -0.15) is 13.2 Å². The quantitative estimate of drug-likeness (QED) is 0.575. The van der Waals surface area contributed by atoms with E-state index in [1.807, 2.05) is 0 Å². The number of thiophene rings is 1. The summed E-state index contributed by atoms with van der Waals surface area (Å²) in [7, 11) is 0. The molecule has 1 aromatic heterocycles. The van der Waals surface area contributed by atoms with E-state index in [-0.39, 0.29) is 18.6 Å². The van der Waals surface area contributed by atoms with Gasteiger partial charge in [0.05, 0.1) is 4.88 Å². The molecule has 0 saturated heterocycles.